The first-order valence-corrected chi connectivity index (χ1v) is 9.53. The van der Waals surface area contributed by atoms with Crippen molar-refractivity contribution >= 4 is 27.4 Å². The van der Waals surface area contributed by atoms with Gasteiger partial charge in [-0.15, -0.1) is 0 Å². The number of anilines is 2. The lowest BCUT2D eigenvalue weighted by Gasteiger charge is -2.10. The zero-order valence-corrected chi connectivity index (χ0v) is 15.1. The van der Waals surface area contributed by atoms with Gasteiger partial charge < -0.3 is 11.1 Å². The first-order valence-electron chi connectivity index (χ1n) is 8.04. The van der Waals surface area contributed by atoms with Crippen molar-refractivity contribution in [2.24, 2.45) is 11.7 Å². The van der Waals surface area contributed by atoms with Crippen LogP contribution >= 0.6 is 0 Å². The minimum atomic E-state index is -3.66. The summed E-state index contributed by atoms with van der Waals surface area (Å²) >= 11 is 0. The summed E-state index contributed by atoms with van der Waals surface area (Å²) in [6, 6.07) is 12.5. The van der Waals surface area contributed by atoms with Crippen molar-refractivity contribution in [2.75, 3.05) is 10.0 Å². The van der Waals surface area contributed by atoms with Crippen LogP contribution in [0.1, 0.15) is 25.8 Å². The smallest absolute Gasteiger partial charge is 0.316 e. The van der Waals surface area contributed by atoms with Gasteiger partial charge in [0.15, 0.2) is 0 Å². The van der Waals surface area contributed by atoms with Gasteiger partial charge in [-0.1, -0.05) is 26.0 Å². The molecule has 2 aromatic carbocycles. The van der Waals surface area contributed by atoms with Crippen LogP contribution in [-0.2, 0) is 16.4 Å². The summed E-state index contributed by atoms with van der Waals surface area (Å²) in [7, 11) is -3.66. The molecule has 6 nitrogen and oxygen atoms in total. The van der Waals surface area contributed by atoms with Crippen molar-refractivity contribution in [3.05, 3.63) is 54.1 Å². The number of nitrogens with one attached hydrogen (secondary N) is 2. The Bertz CT molecular complexity index is 814. The molecule has 0 aliphatic carbocycles. The molecule has 0 atom stereocenters. The molecule has 0 aliphatic rings. The number of carbonyl (C=O) groups excluding carboxylic acids is 1. The highest BCUT2D eigenvalue weighted by atomic mass is 32.2. The Balaban J connectivity index is 2.06. The maximum Gasteiger partial charge on any atom is 0.316 e. The summed E-state index contributed by atoms with van der Waals surface area (Å²) in [5, 5.41) is 2.41. The minimum Gasteiger partial charge on any atom is -0.351 e. The first kappa shape index (κ1) is 18.8. The second kappa shape index (κ2) is 8.02. The molecule has 0 aromatic heterocycles. The van der Waals surface area contributed by atoms with E-state index in [1.807, 2.05) is 12.1 Å². The molecule has 0 spiro atoms. The van der Waals surface area contributed by atoms with Crippen molar-refractivity contribution in [2.45, 2.75) is 31.6 Å². The van der Waals surface area contributed by atoms with Crippen LogP contribution in [0.2, 0.25) is 0 Å². The third-order valence-corrected chi connectivity index (χ3v) is 5.05. The van der Waals surface area contributed by atoms with Crippen LogP contribution < -0.4 is 15.8 Å². The number of rotatable bonds is 7. The predicted octanol–water partition coefficient (Wildman–Crippen LogP) is 3.57. The molecular weight excluding hydrogens is 338 g/mol. The number of hydrogen-bond acceptors (Lipinski definition) is 3. The zero-order chi connectivity index (χ0) is 18.4. The zero-order valence-electron chi connectivity index (χ0n) is 14.3. The molecule has 134 valence electrons. The van der Waals surface area contributed by atoms with E-state index in [4.69, 9.17) is 5.73 Å². The Hall–Kier alpha value is -2.54. The fraction of sp³-hybridized carbons (Fsp3) is 0.278. The molecule has 0 bridgehead atoms. The van der Waals surface area contributed by atoms with E-state index in [0.717, 1.165) is 18.4 Å². The molecule has 0 aliphatic heterocycles. The van der Waals surface area contributed by atoms with Gasteiger partial charge in [-0.05, 0) is 60.7 Å². The van der Waals surface area contributed by atoms with Crippen molar-refractivity contribution in [3.63, 3.8) is 0 Å². The lowest BCUT2D eigenvalue weighted by atomic mass is 10.0. The molecule has 0 heterocycles. The largest absolute Gasteiger partial charge is 0.351 e. The van der Waals surface area contributed by atoms with Gasteiger partial charge in [0.1, 0.15) is 0 Å². The topological polar surface area (TPSA) is 101 Å². The molecule has 0 saturated heterocycles. The third kappa shape index (κ3) is 5.79. The lowest BCUT2D eigenvalue weighted by molar-refractivity contribution is 0.259. The van der Waals surface area contributed by atoms with Gasteiger partial charge in [-0.3, -0.25) is 4.72 Å². The number of sulfonamides is 1. The predicted molar refractivity (Wildman–Crippen MR) is 100 cm³/mol. The maximum atomic E-state index is 12.4. The molecular formula is C18H23N3O3S. The number of amides is 2. The molecule has 0 unspecified atom stereocenters. The molecule has 2 aromatic rings. The highest BCUT2D eigenvalue weighted by molar-refractivity contribution is 7.92. The minimum absolute atomic E-state index is 0.208. The van der Waals surface area contributed by atoms with Crippen LogP contribution in [0, 0.1) is 5.92 Å². The van der Waals surface area contributed by atoms with Gasteiger partial charge in [0.2, 0.25) is 0 Å². The number of aryl methyl sites for hydroxylation is 1. The van der Waals surface area contributed by atoms with E-state index in [1.54, 1.807) is 36.4 Å². The van der Waals surface area contributed by atoms with E-state index in [2.05, 4.69) is 23.9 Å². The van der Waals surface area contributed by atoms with Crippen molar-refractivity contribution < 1.29 is 13.2 Å². The standard InChI is InChI=1S/C18H23N3O3S/c1-13(2)3-4-14-5-11-17(12-6-14)25(23,24)21-16-9-7-15(8-10-16)20-18(19)22/h5-13,21H,3-4H2,1-2H3,(H3,19,20,22). The second-order valence-corrected chi connectivity index (χ2v) is 7.93. The average molecular weight is 361 g/mol. The Labute approximate surface area is 148 Å². The Morgan fingerprint density at radius 3 is 2.08 bits per heavy atom. The second-order valence-electron chi connectivity index (χ2n) is 6.25. The average Bonchev–Trinajstić information content (AvgIpc) is 2.54. The number of nitrogens with two attached hydrogens (primary N) is 1. The number of hydrogen-bond donors (Lipinski definition) is 3. The van der Waals surface area contributed by atoms with Crippen LogP contribution in [-0.4, -0.2) is 14.4 Å². The highest BCUT2D eigenvalue weighted by Gasteiger charge is 2.14. The van der Waals surface area contributed by atoms with E-state index in [0.29, 0.717) is 17.3 Å². The Morgan fingerprint density at radius 1 is 1.00 bits per heavy atom. The molecule has 4 N–H and O–H groups in total. The number of benzene rings is 2. The SMILES string of the molecule is CC(C)CCc1ccc(S(=O)(=O)Nc2ccc(NC(N)=O)cc2)cc1. The molecule has 0 fully saturated rings. The summed E-state index contributed by atoms with van der Waals surface area (Å²) in [5.41, 5.74) is 7.04. The lowest BCUT2D eigenvalue weighted by Crippen LogP contribution is -2.19. The van der Waals surface area contributed by atoms with Crippen LogP contribution in [0.15, 0.2) is 53.4 Å². The van der Waals surface area contributed by atoms with E-state index < -0.39 is 16.1 Å². The monoisotopic (exact) mass is 361 g/mol. The molecule has 7 heteroatoms. The maximum absolute atomic E-state index is 12.4. The molecule has 0 saturated carbocycles. The van der Waals surface area contributed by atoms with Crippen molar-refractivity contribution in [1.82, 2.24) is 0 Å². The van der Waals surface area contributed by atoms with Gasteiger partial charge in [0.05, 0.1) is 4.90 Å². The van der Waals surface area contributed by atoms with E-state index in [9.17, 15) is 13.2 Å². The quantitative estimate of drug-likeness (QED) is 0.702. The number of primary amides is 1. The van der Waals surface area contributed by atoms with E-state index in [-0.39, 0.29) is 4.90 Å². The van der Waals surface area contributed by atoms with Gasteiger partial charge in [-0.2, -0.15) is 0 Å². The van der Waals surface area contributed by atoms with Gasteiger partial charge >= 0.3 is 6.03 Å². The van der Waals surface area contributed by atoms with Crippen LogP contribution in [0.25, 0.3) is 0 Å². The van der Waals surface area contributed by atoms with E-state index in [1.165, 1.54) is 0 Å². The fourth-order valence-corrected chi connectivity index (χ4v) is 3.33. The van der Waals surface area contributed by atoms with Gasteiger partial charge in [0.25, 0.3) is 10.0 Å². The van der Waals surface area contributed by atoms with Crippen LogP contribution in [0.4, 0.5) is 16.2 Å². The van der Waals surface area contributed by atoms with Crippen molar-refractivity contribution in [1.29, 1.82) is 0 Å². The molecule has 0 radical (unpaired) electrons. The molecule has 2 rings (SSSR count). The Kier molecular flexibility index (Phi) is 6.03. The normalized spacial score (nSPS) is 11.3. The van der Waals surface area contributed by atoms with E-state index >= 15 is 0 Å². The van der Waals surface area contributed by atoms with Crippen LogP contribution in [0.3, 0.4) is 0 Å². The van der Waals surface area contributed by atoms with Gasteiger partial charge in [0, 0.05) is 11.4 Å². The summed E-state index contributed by atoms with van der Waals surface area (Å²) in [6.07, 6.45) is 2.00. The summed E-state index contributed by atoms with van der Waals surface area (Å²) < 4.78 is 27.4. The number of carbonyl (C=O) groups is 1. The first-order chi connectivity index (χ1) is 11.8. The molecule has 25 heavy (non-hydrogen) atoms. The van der Waals surface area contributed by atoms with Gasteiger partial charge in [-0.25, -0.2) is 13.2 Å². The third-order valence-electron chi connectivity index (χ3n) is 3.65. The molecule has 2 amide bonds. The highest BCUT2D eigenvalue weighted by Crippen LogP contribution is 2.19. The number of urea groups is 1. The summed E-state index contributed by atoms with van der Waals surface area (Å²) in [5.74, 6) is 0.608. The Morgan fingerprint density at radius 2 is 1.56 bits per heavy atom. The summed E-state index contributed by atoms with van der Waals surface area (Å²) in [4.78, 5) is 11.0. The van der Waals surface area contributed by atoms with Crippen molar-refractivity contribution in [3.8, 4) is 0 Å². The summed E-state index contributed by atoms with van der Waals surface area (Å²) in [6.45, 7) is 4.32. The fourth-order valence-electron chi connectivity index (χ4n) is 2.27. The van der Waals surface area contributed by atoms with Crippen LogP contribution in [0.5, 0.6) is 0 Å².